The van der Waals surface area contributed by atoms with Gasteiger partial charge in [0.05, 0.1) is 26.9 Å². The molecule has 0 unspecified atom stereocenters. The molecule has 1 heterocycles. The second-order valence-electron chi connectivity index (χ2n) is 5.34. The number of para-hydroxylation sites is 1. The Labute approximate surface area is 140 Å². The molecule has 3 rings (SSSR count). The van der Waals surface area contributed by atoms with E-state index in [9.17, 15) is 4.79 Å². The maximum absolute atomic E-state index is 12.7. The smallest absolute Gasteiger partial charge is 0.232 e. The summed E-state index contributed by atoms with van der Waals surface area (Å²) in [4.78, 5) is 12.7. The van der Waals surface area contributed by atoms with Crippen LogP contribution in [0.15, 0.2) is 36.1 Å². The monoisotopic (exact) mass is 326 g/mol. The largest absolute Gasteiger partial charge is 0.497 e. The lowest BCUT2D eigenvalue weighted by molar-refractivity contribution is 0.101. The Morgan fingerprint density at radius 2 is 1.83 bits per heavy atom. The van der Waals surface area contributed by atoms with Crippen LogP contribution >= 0.6 is 0 Å². The van der Waals surface area contributed by atoms with Crippen molar-refractivity contribution in [1.29, 1.82) is 0 Å². The number of rotatable bonds is 4. The summed E-state index contributed by atoms with van der Waals surface area (Å²) in [7, 11) is 4.70. The van der Waals surface area contributed by atoms with E-state index in [4.69, 9.17) is 18.9 Å². The molecule has 24 heavy (non-hydrogen) atoms. The van der Waals surface area contributed by atoms with E-state index in [1.165, 1.54) is 0 Å². The van der Waals surface area contributed by atoms with E-state index in [0.29, 0.717) is 34.1 Å². The van der Waals surface area contributed by atoms with Gasteiger partial charge in [-0.3, -0.25) is 4.79 Å². The number of allylic oxidation sites excluding steroid dienone is 1. The number of Topliss-reactive ketones (excluding diaryl/α,β-unsaturated/α-hetero) is 1. The number of hydrogen-bond acceptors (Lipinski definition) is 5. The van der Waals surface area contributed by atoms with Gasteiger partial charge in [0.2, 0.25) is 5.78 Å². The van der Waals surface area contributed by atoms with Gasteiger partial charge in [0.15, 0.2) is 17.3 Å². The zero-order chi connectivity index (χ0) is 17.3. The molecule has 5 nitrogen and oxygen atoms in total. The van der Waals surface area contributed by atoms with Crippen LogP contribution in [0.5, 0.6) is 23.0 Å². The highest BCUT2D eigenvalue weighted by Gasteiger charge is 2.30. The molecule has 0 N–H and O–H groups in total. The number of methoxy groups -OCH3 is 3. The molecule has 0 bridgehead atoms. The quantitative estimate of drug-likeness (QED) is 0.803. The summed E-state index contributed by atoms with van der Waals surface area (Å²) in [5, 5.41) is 0. The second-order valence-corrected chi connectivity index (χ2v) is 5.34. The first kappa shape index (κ1) is 15.9. The van der Waals surface area contributed by atoms with E-state index in [1.807, 2.05) is 25.1 Å². The van der Waals surface area contributed by atoms with Gasteiger partial charge in [-0.15, -0.1) is 0 Å². The van der Waals surface area contributed by atoms with Crippen molar-refractivity contribution in [2.45, 2.75) is 6.92 Å². The van der Waals surface area contributed by atoms with Crippen LogP contribution in [0.25, 0.3) is 6.08 Å². The number of ether oxygens (including phenoxy) is 4. The molecule has 2 aromatic rings. The summed E-state index contributed by atoms with van der Waals surface area (Å²) in [6.45, 7) is 1.86. The van der Waals surface area contributed by atoms with Crippen molar-refractivity contribution in [3.05, 3.63) is 52.8 Å². The third-order valence-electron chi connectivity index (χ3n) is 3.90. The van der Waals surface area contributed by atoms with E-state index in [-0.39, 0.29) is 11.5 Å². The van der Waals surface area contributed by atoms with Gasteiger partial charge in [-0.05, 0) is 30.7 Å². The first-order valence-corrected chi connectivity index (χ1v) is 7.43. The number of carbonyl (C=O) groups is 1. The van der Waals surface area contributed by atoms with Gasteiger partial charge in [-0.25, -0.2) is 0 Å². The molecule has 0 saturated heterocycles. The summed E-state index contributed by atoms with van der Waals surface area (Å²) in [6.07, 6.45) is 1.66. The van der Waals surface area contributed by atoms with Crippen molar-refractivity contribution in [2.75, 3.05) is 21.3 Å². The van der Waals surface area contributed by atoms with E-state index in [1.54, 1.807) is 39.5 Å². The van der Waals surface area contributed by atoms with Crippen molar-refractivity contribution in [1.82, 2.24) is 0 Å². The Bertz CT molecular complexity index is 836. The summed E-state index contributed by atoms with van der Waals surface area (Å²) in [5.74, 6) is 2.38. The minimum atomic E-state index is -0.157. The van der Waals surface area contributed by atoms with Crippen LogP contribution in [0.2, 0.25) is 0 Å². The zero-order valence-corrected chi connectivity index (χ0v) is 14.0. The summed E-state index contributed by atoms with van der Waals surface area (Å²) in [6, 6.07) is 8.98. The molecule has 2 aromatic carbocycles. The van der Waals surface area contributed by atoms with Crippen molar-refractivity contribution >= 4 is 11.9 Å². The van der Waals surface area contributed by atoms with Gasteiger partial charge in [-0.1, -0.05) is 12.1 Å². The molecule has 0 spiro atoms. The Kier molecular flexibility index (Phi) is 4.16. The van der Waals surface area contributed by atoms with E-state index in [2.05, 4.69) is 0 Å². The van der Waals surface area contributed by atoms with Gasteiger partial charge in [0, 0.05) is 11.6 Å². The molecular weight excluding hydrogens is 308 g/mol. The van der Waals surface area contributed by atoms with Crippen molar-refractivity contribution in [3.8, 4) is 23.0 Å². The van der Waals surface area contributed by atoms with Crippen LogP contribution in [0.4, 0.5) is 0 Å². The lowest BCUT2D eigenvalue weighted by Crippen LogP contribution is -2.00. The first-order chi connectivity index (χ1) is 11.6. The molecule has 1 aliphatic heterocycles. The van der Waals surface area contributed by atoms with E-state index in [0.717, 1.165) is 5.56 Å². The lowest BCUT2D eigenvalue weighted by atomic mass is 10.0. The molecule has 1 aliphatic rings. The zero-order valence-electron chi connectivity index (χ0n) is 14.0. The predicted molar refractivity (Wildman–Crippen MR) is 90.2 cm³/mol. The number of aryl methyl sites for hydroxylation is 1. The van der Waals surface area contributed by atoms with Crippen LogP contribution in [0.3, 0.4) is 0 Å². The highest BCUT2D eigenvalue weighted by molar-refractivity contribution is 6.15. The fourth-order valence-corrected chi connectivity index (χ4v) is 2.76. The molecule has 0 radical (unpaired) electrons. The lowest BCUT2D eigenvalue weighted by Gasteiger charge is -2.10. The number of fused-ring (bicyclic) bond motifs is 1. The molecule has 0 aromatic heterocycles. The fraction of sp³-hybridized carbons (Fsp3) is 0.211. The van der Waals surface area contributed by atoms with Gasteiger partial charge in [0.1, 0.15) is 11.5 Å². The number of hydrogen-bond donors (Lipinski definition) is 0. The van der Waals surface area contributed by atoms with Crippen molar-refractivity contribution in [3.63, 3.8) is 0 Å². The van der Waals surface area contributed by atoms with Crippen LogP contribution in [0.1, 0.15) is 21.5 Å². The molecule has 0 saturated carbocycles. The Morgan fingerprint density at radius 1 is 1.04 bits per heavy atom. The Balaban J connectivity index is 2.05. The van der Waals surface area contributed by atoms with Gasteiger partial charge < -0.3 is 18.9 Å². The normalized spacial score (nSPS) is 14.3. The highest BCUT2D eigenvalue weighted by atomic mass is 16.5. The third-order valence-corrected chi connectivity index (χ3v) is 3.90. The summed E-state index contributed by atoms with van der Waals surface area (Å²) >= 11 is 0. The number of ketones is 1. The third kappa shape index (κ3) is 2.58. The van der Waals surface area contributed by atoms with Crippen LogP contribution in [-0.4, -0.2) is 27.1 Å². The van der Waals surface area contributed by atoms with Gasteiger partial charge in [0.25, 0.3) is 0 Å². The van der Waals surface area contributed by atoms with Crippen molar-refractivity contribution < 1.29 is 23.7 Å². The summed E-state index contributed by atoms with van der Waals surface area (Å²) in [5.41, 5.74) is 2.08. The molecule has 124 valence electrons. The fourth-order valence-electron chi connectivity index (χ4n) is 2.76. The van der Waals surface area contributed by atoms with Crippen molar-refractivity contribution in [2.24, 2.45) is 0 Å². The maximum atomic E-state index is 12.7. The van der Waals surface area contributed by atoms with Gasteiger partial charge in [-0.2, -0.15) is 0 Å². The molecule has 5 heteroatoms. The predicted octanol–water partition coefficient (Wildman–Crippen LogP) is 3.64. The molecule has 0 amide bonds. The molecule has 0 atom stereocenters. The minimum absolute atomic E-state index is 0.157. The molecule has 0 aliphatic carbocycles. The average molecular weight is 326 g/mol. The second kappa shape index (κ2) is 6.28. The molecule has 0 fully saturated rings. The van der Waals surface area contributed by atoms with Crippen LogP contribution < -0.4 is 18.9 Å². The van der Waals surface area contributed by atoms with Crippen LogP contribution in [0, 0.1) is 6.92 Å². The highest BCUT2D eigenvalue weighted by Crippen LogP contribution is 2.39. The Hall–Kier alpha value is -2.95. The van der Waals surface area contributed by atoms with Gasteiger partial charge >= 0.3 is 0 Å². The standard InChI is InChI=1S/C19H18O5/c1-11-8-13(21-2)10-15-17(11)18(20)16(24-15)9-12-6-5-7-14(22-3)19(12)23-4/h5-10H,1-4H3/b16-9-. The Morgan fingerprint density at radius 3 is 2.50 bits per heavy atom. The molecular formula is C19H18O5. The number of carbonyl (C=O) groups excluding carboxylic acids is 1. The average Bonchev–Trinajstić information content (AvgIpc) is 2.90. The van der Waals surface area contributed by atoms with E-state index >= 15 is 0 Å². The number of benzene rings is 2. The SMILES string of the molecule is COc1cc(C)c2c(c1)O/C(=C\c1cccc(OC)c1OC)C2=O. The summed E-state index contributed by atoms with van der Waals surface area (Å²) < 4.78 is 21.7. The minimum Gasteiger partial charge on any atom is -0.497 e. The topological polar surface area (TPSA) is 54.0 Å². The maximum Gasteiger partial charge on any atom is 0.232 e. The van der Waals surface area contributed by atoms with E-state index < -0.39 is 0 Å². The van der Waals surface area contributed by atoms with Crippen LogP contribution in [-0.2, 0) is 0 Å². The first-order valence-electron chi connectivity index (χ1n) is 7.43.